The smallest absolute Gasteiger partial charge is 0.243 e. The lowest BCUT2D eigenvalue weighted by Gasteiger charge is -2.32. The van der Waals surface area contributed by atoms with E-state index in [1.165, 1.54) is 4.31 Å². The van der Waals surface area contributed by atoms with Crippen LogP contribution in [-0.2, 0) is 10.0 Å². The number of hydrogen-bond acceptors (Lipinski definition) is 3. The molecule has 0 radical (unpaired) electrons. The number of benzene rings is 1. The van der Waals surface area contributed by atoms with E-state index in [2.05, 4.69) is 30.7 Å². The van der Waals surface area contributed by atoms with Crippen LogP contribution in [0.3, 0.4) is 0 Å². The molecular weight excluding hydrogens is 368 g/mol. The zero-order chi connectivity index (χ0) is 19.2. The minimum atomic E-state index is -3.48. The molecule has 1 fully saturated rings. The van der Waals surface area contributed by atoms with E-state index in [-0.39, 0.29) is 6.04 Å². The highest BCUT2D eigenvalue weighted by molar-refractivity contribution is 7.89. The summed E-state index contributed by atoms with van der Waals surface area (Å²) in [6.07, 6.45) is 4.75. The Morgan fingerprint density at radius 3 is 2.31 bits per heavy atom. The fraction of sp³-hybridized carbons (Fsp3) is 0.600. The summed E-state index contributed by atoms with van der Waals surface area (Å²) in [6.45, 7) is 4.03. The number of halogens is 1. The lowest BCUT2D eigenvalue weighted by Crippen LogP contribution is -2.39. The van der Waals surface area contributed by atoms with Crippen molar-refractivity contribution in [2.45, 2.75) is 50.0 Å². The monoisotopic (exact) mass is 396 g/mol. The average molecular weight is 397 g/mol. The van der Waals surface area contributed by atoms with Gasteiger partial charge < -0.3 is 0 Å². The van der Waals surface area contributed by atoms with Crippen LogP contribution in [0.25, 0.3) is 0 Å². The van der Waals surface area contributed by atoms with Gasteiger partial charge in [-0.05, 0) is 70.0 Å². The number of sulfonamides is 1. The van der Waals surface area contributed by atoms with Crippen molar-refractivity contribution in [3.63, 3.8) is 0 Å². The van der Waals surface area contributed by atoms with Crippen LogP contribution in [0.1, 0.15) is 39.0 Å². The van der Waals surface area contributed by atoms with Gasteiger partial charge in [-0.2, -0.15) is 4.31 Å². The van der Waals surface area contributed by atoms with E-state index in [1.807, 2.05) is 0 Å². The molecule has 0 aliphatic heterocycles. The maximum atomic E-state index is 12.8. The molecule has 4 nitrogen and oxygen atoms in total. The second-order valence-electron chi connectivity index (χ2n) is 7.04. The van der Waals surface area contributed by atoms with Crippen molar-refractivity contribution in [1.82, 2.24) is 9.21 Å². The molecular formula is C20H29ClN2O2S. The highest BCUT2D eigenvalue weighted by Gasteiger charge is 2.31. The van der Waals surface area contributed by atoms with Crippen molar-refractivity contribution in [2.24, 2.45) is 5.92 Å². The van der Waals surface area contributed by atoms with Gasteiger partial charge in [-0.25, -0.2) is 8.42 Å². The molecule has 0 saturated heterocycles. The summed E-state index contributed by atoms with van der Waals surface area (Å²) in [6, 6.07) is 6.40. The topological polar surface area (TPSA) is 40.6 Å². The van der Waals surface area contributed by atoms with Gasteiger partial charge in [0.15, 0.2) is 0 Å². The standard InChI is InChI=1S/C20H29ClN2O2S/c1-4-15-22(2)16-5-6-17-7-11-19(12-8-17)23(3)26(24,25)20-13-9-18(21)10-14-20/h9-10,13-14,17,19H,4,7-8,11-12,15-16H2,1-3H3/t17-,19-. The van der Waals surface area contributed by atoms with Crippen LogP contribution < -0.4 is 0 Å². The highest BCUT2D eigenvalue weighted by Crippen LogP contribution is 2.30. The predicted octanol–water partition coefficient (Wildman–Crippen LogP) is 3.86. The molecule has 0 amide bonds. The van der Waals surface area contributed by atoms with Crippen LogP contribution in [-0.4, -0.2) is 50.8 Å². The van der Waals surface area contributed by atoms with Crippen LogP contribution in [0, 0.1) is 17.8 Å². The molecule has 0 aromatic heterocycles. The summed E-state index contributed by atoms with van der Waals surface area (Å²) in [7, 11) is 0.294. The number of nitrogens with zero attached hydrogens (tertiary/aromatic N) is 2. The Bertz CT molecular complexity index is 729. The van der Waals surface area contributed by atoms with Crippen molar-refractivity contribution < 1.29 is 8.42 Å². The zero-order valence-corrected chi connectivity index (χ0v) is 17.5. The largest absolute Gasteiger partial charge is 0.295 e. The second-order valence-corrected chi connectivity index (χ2v) is 9.47. The van der Waals surface area contributed by atoms with Gasteiger partial charge in [0.1, 0.15) is 0 Å². The Labute approximate surface area is 163 Å². The normalized spacial score (nSPS) is 20.8. The SMILES string of the molecule is CCCN(C)CC#C[C@H]1CC[C@H](N(C)S(=O)(=O)c2ccc(Cl)cc2)CC1. The first-order valence-corrected chi connectivity index (χ1v) is 11.1. The van der Waals surface area contributed by atoms with Gasteiger partial charge >= 0.3 is 0 Å². The Kier molecular flexibility index (Phi) is 7.97. The minimum absolute atomic E-state index is 0.0384. The first-order chi connectivity index (χ1) is 12.3. The van der Waals surface area contributed by atoms with Crippen LogP contribution in [0.2, 0.25) is 5.02 Å². The Balaban J connectivity index is 1.91. The van der Waals surface area contributed by atoms with Gasteiger partial charge in [-0.3, -0.25) is 4.90 Å². The van der Waals surface area contributed by atoms with Crippen LogP contribution in [0.15, 0.2) is 29.2 Å². The van der Waals surface area contributed by atoms with Crippen LogP contribution >= 0.6 is 11.6 Å². The summed E-state index contributed by atoms with van der Waals surface area (Å²) < 4.78 is 27.1. The van der Waals surface area contributed by atoms with Crippen molar-refractivity contribution >= 4 is 21.6 Å². The van der Waals surface area contributed by atoms with E-state index in [4.69, 9.17) is 11.6 Å². The van der Waals surface area contributed by atoms with Crippen molar-refractivity contribution in [2.75, 3.05) is 27.2 Å². The Morgan fingerprint density at radius 1 is 1.12 bits per heavy atom. The molecule has 144 valence electrons. The number of hydrogen-bond donors (Lipinski definition) is 0. The highest BCUT2D eigenvalue weighted by atomic mass is 35.5. The third kappa shape index (κ3) is 5.72. The molecule has 26 heavy (non-hydrogen) atoms. The molecule has 2 rings (SSSR count). The second kappa shape index (κ2) is 9.75. The van der Waals surface area contributed by atoms with Gasteiger partial charge in [-0.15, -0.1) is 0 Å². The van der Waals surface area contributed by atoms with Crippen LogP contribution in [0.4, 0.5) is 0 Å². The zero-order valence-electron chi connectivity index (χ0n) is 15.9. The minimum Gasteiger partial charge on any atom is -0.295 e. The van der Waals surface area contributed by atoms with Gasteiger partial charge in [-0.1, -0.05) is 30.4 Å². The summed E-state index contributed by atoms with van der Waals surface area (Å²) in [5.74, 6) is 7.03. The predicted molar refractivity (Wildman–Crippen MR) is 108 cm³/mol. The average Bonchev–Trinajstić information content (AvgIpc) is 2.62. The van der Waals surface area contributed by atoms with E-state index in [1.54, 1.807) is 31.3 Å². The van der Waals surface area contributed by atoms with E-state index in [9.17, 15) is 8.42 Å². The molecule has 6 heteroatoms. The molecule has 1 aromatic carbocycles. The van der Waals surface area contributed by atoms with Crippen LogP contribution in [0.5, 0.6) is 0 Å². The lowest BCUT2D eigenvalue weighted by molar-refractivity contribution is 0.262. The molecule has 1 saturated carbocycles. The summed E-state index contributed by atoms with van der Waals surface area (Å²) >= 11 is 5.86. The van der Waals surface area contributed by atoms with E-state index >= 15 is 0 Å². The van der Waals surface area contributed by atoms with E-state index in [0.717, 1.165) is 45.2 Å². The van der Waals surface area contributed by atoms with Gasteiger partial charge in [0.2, 0.25) is 10.0 Å². The Hall–Kier alpha value is -1.06. The fourth-order valence-corrected chi connectivity index (χ4v) is 4.88. The third-order valence-corrected chi connectivity index (χ3v) is 7.14. The third-order valence-electron chi connectivity index (χ3n) is 4.96. The maximum absolute atomic E-state index is 12.8. The van der Waals surface area contributed by atoms with E-state index in [0.29, 0.717) is 15.8 Å². The molecule has 1 aliphatic rings. The summed E-state index contributed by atoms with van der Waals surface area (Å²) in [5.41, 5.74) is 0. The Morgan fingerprint density at radius 2 is 1.73 bits per heavy atom. The first kappa shape index (κ1) is 21.2. The molecule has 1 aromatic rings. The lowest BCUT2D eigenvalue weighted by atomic mass is 9.86. The van der Waals surface area contributed by atoms with Gasteiger partial charge in [0.25, 0.3) is 0 Å². The van der Waals surface area contributed by atoms with Crippen molar-refractivity contribution in [1.29, 1.82) is 0 Å². The molecule has 0 bridgehead atoms. The molecule has 0 spiro atoms. The molecule has 0 N–H and O–H groups in total. The van der Waals surface area contributed by atoms with E-state index < -0.39 is 10.0 Å². The van der Waals surface area contributed by atoms with Crippen molar-refractivity contribution in [3.05, 3.63) is 29.3 Å². The van der Waals surface area contributed by atoms with Gasteiger partial charge in [0, 0.05) is 24.0 Å². The summed E-state index contributed by atoms with van der Waals surface area (Å²) in [5, 5.41) is 0.537. The molecule has 0 atom stereocenters. The molecule has 0 heterocycles. The summed E-state index contributed by atoms with van der Waals surface area (Å²) in [4.78, 5) is 2.52. The van der Waals surface area contributed by atoms with Gasteiger partial charge in [0.05, 0.1) is 11.4 Å². The molecule has 0 unspecified atom stereocenters. The first-order valence-electron chi connectivity index (χ1n) is 9.25. The quantitative estimate of drug-likeness (QED) is 0.685. The maximum Gasteiger partial charge on any atom is 0.243 e. The number of rotatable bonds is 6. The fourth-order valence-electron chi connectivity index (χ4n) is 3.34. The van der Waals surface area contributed by atoms with Crippen molar-refractivity contribution in [3.8, 4) is 11.8 Å². The molecule has 1 aliphatic carbocycles.